The van der Waals surface area contributed by atoms with Crippen molar-refractivity contribution in [2.45, 2.75) is 182 Å². The Morgan fingerprint density at radius 1 is 0.477 bits per heavy atom. The normalized spacial score (nSPS) is 25.2. The largest absolute Gasteiger partial charge is 0.481 e. The molecule has 6 rings (SSSR count). The van der Waals surface area contributed by atoms with Crippen LogP contribution in [0.3, 0.4) is 0 Å². The van der Waals surface area contributed by atoms with Crippen molar-refractivity contribution in [3.63, 3.8) is 0 Å². The third-order valence-electron chi connectivity index (χ3n) is 17.3. The van der Waals surface area contributed by atoms with Crippen molar-refractivity contribution >= 4 is 77.1 Å². The van der Waals surface area contributed by atoms with E-state index in [1.54, 1.807) is 32.1 Å². The lowest BCUT2D eigenvalue weighted by atomic mass is 9.95. The van der Waals surface area contributed by atoms with E-state index in [0.717, 1.165) is 28.9 Å². The quantitative estimate of drug-likeness (QED) is 0.0236. The van der Waals surface area contributed by atoms with Gasteiger partial charge in [-0.05, 0) is 105 Å². The van der Waals surface area contributed by atoms with E-state index in [-0.39, 0.29) is 81.6 Å². The number of carbonyl (C=O) groups excluding carboxylic acids is 7. The average molecular weight is 1600 g/mol. The lowest BCUT2D eigenvalue weighted by Gasteiger charge is -2.38. The number of aromatic nitrogens is 3. The SMILES string of the molecule is CN[C@@H](Cc1ccn(CCOCCOC2OC(C(=O)O)C(O)[C@H](O)[C@@H]2O)c1)C(=O)C[C@@H](C)CN[C@@H](Cc1ccn(CCOCCOC2OC(C(=O)O)C(O)[C@H](O)[C@@H]2O)c1)C(=O)CCCSC.CN[C@@H](Cc1ccn(CCOCCOC2OC(C(=O)O)C(O)[C@H](O)[C@@H]2O)c1)C(=O)C[C@H](CSC)C(=O)O.O=C=O.O=C=O. The van der Waals surface area contributed by atoms with Gasteiger partial charge < -0.3 is 139 Å². The van der Waals surface area contributed by atoms with Crippen LogP contribution in [0.5, 0.6) is 0 Å². The van der Waals surface area contributed by atoms with Crippen LogP contribution in [-0.2, 0) is 134 Å². The molecule has 3 fully saturated rings. The molecule has 0 saturated carbocycles. The second-order valence-corrected chi connectivity index (χ2v) is 27.2. The zero-order chi connectivity index (χ0) is 81.3. The van der Waals surface area contributed by atoms with E-state index in [0.29, 0.717) is 83.9 Å². The van der Waals surface area contributed by atoms with Gasteiger partial charge in [0.05, 0.1) is 83.5 Å². The Labute approximate surface area is 635 Å². The minimum absolute atomic E-state index is 0.0300. The first-order valence-electron chi connectivity index (χ1n) is 34.6. The second kappa shape index (κ2) is 52.6. The number of ketones is 3. The summed E-state index contributed by atoms with van der Waals surface area (Å²) < 4.78 is 53.6. The summed E-state index contributed by atoms with van der Waals surface area (Å²) in [5.41, 5.74) is 2.80. The molecule has 0 aromatic carbocycles. The number of hydrogen-bond acceptors (Lipinski definition) is 34. The molecule has 0 amide bonds. The van der Waals surface area contributed by atoms with Crippen LogP contribution >= 0.6 is 23.5 Å². The average Bonchev–Trinajstić information content (AvgIpc) is 1.68. The highest BCUT2D eigenvalue weighted by Gasteiger charge is 2.50. The highest BCUT2D eigenvalue weighted by atomic mass is 32.2. The van der Waals surface area contributed by atoms with Crippen LogP contribution in [0.1, 0.15) is 49.3 Å². The van der Waals surface area contributed by atoms with Crippen molar-refractivity contribution in [1.29, 1.82) is 0 Å². The smallest absolute Gasteiger partial charge is 0.373 e. The first kappa shape index (κ1) is 96.5. The summed E-state index contributed by atoms with van der Waals surface area (Å²) in [5, 5.41) is 135. The fraction of sp³-hybridized carbons (Fsp3) is 0.691. The summed E-state index contributed by atoms with van der Waals surface area (Å²) in [7, 11) is 3.41. The van der Waals surface area contributed by atoms with E-state index in [1.807, 2.05) is 82.3 Å². The molecular formula is C68H104N6O33S2. The number of aliphatic hydroxyl groups is 9. The molecule has 3 aliphatic heterocycles. The van der Waals surface area contributed by atoms with Crippen LogP contribution in [0.15, 0.2) is 55.4 Å². The summed E-state index contributed by atoms with van der Waals surface area (Å²) >= 11 is 3.08. The van der Waals surface area contributed by atoms with Crippen LogP contribution < -0.4 is 16.0 Å². The monoisotopic (exact) mass is 1600 g/mol. The van der Waals surface area contributed by atoms with E-state index in [4.69, 9.17) is 66.9 Å². The van der Waals surface area contributed by atoms with Crippen molar-refractivity contribution < 1.29 is 162 Å². The van der Waals surface area contributed by atoms with Gasteiger partial charge in [0.25, 0.3) is 0 Å². The Bertz CT molecular complexity index is 3230. The standard InChI is InChI=1S/C43H68N4O18S.C23H36N2O11S.2CO2/c1-25(19-31(49)28(44-2)20-26-6-8-46(23-26)10-12-60-14-16-62-42-36(54)32(50)34(52)38(64-42)40(56)57)22-45-29(30(48)5-4-18-66-3)21-27-7-9-47(24-27)11-13-61-15-17-63-43-37(55)33(51)35(53)39(65-43)41(58)59;1-24-15(16(26)10-14(12-37-2)21(30)31)9-13-3-4-25(11-13)5-6-34-7-8-35-23-19(29)17(27)18(28)20(36-23)22(32)33;2*2-1-3/h6-9,23-25,28-29,32-39,42-45,50-55H,4-5,10-22H2,1-3H3,(H,56,57)(H,58,59);3-4,11,14-15,17-20,23-24,27-29H,5-10,12H2,1-2H3,(H,30,31)(H,32,33);;/t25-,28+,29+,32+,33+,34?,35?,36+,37+,38?,39?,42?,43?;14-,15+,17+,18?,19+,20?,23?;;/m11../s1. The number of nitrogens with zero attached hydrogens (tertiary/aromatic N) is 3. The van der Waals surface area contributed by atoms with Gasteiger partial charge in [-0.1, -0.05) is 6.92 Å². The third-order valence-corrected chi connectivity index (χ3v) is 18.7. The molecular weight excluding hydrogens is 1490 g/mol. The van der Waals surface area contributed by atoms with Gasteiger partial charge in [0, 0.05) is 81.8 Å². The molecule has 0 aliphatic carbocycles. The number of hydrogen-bond donors (Lipinski definition) is 16. The molecule has 616 valence electrons. The predicted molar refractivity (Wildman–Crippen MR) is 376 cm³/mol. The van der Waals surface area contributed by atoms with Gasteiger partial charge in [0.1, 0.15) is 66.5 Å². The predicted octanol–water partition coefficient (Wildman–Crippen LogP) is -4.82. The van der Waals surface area contributed by atoms with Crippen LogP contribution in [0, 0.1) is 11.8 Å². The lowest BCUT2D eigenvalue weighted by molar-refractivity contribution is -0.295. The Morgan fingerprint density at radius 2 is 0.817 bits per heavy atom. The zero-order valence-electron chi connectivity index (χ0n) is 60.9. The highest BCUT2D eigenvalue weighted by molar-refractivity contribution is 7.98. The van der Waals surface area contributed by atoms with E-state index in [1.165, 1.54) is 11.8 Å². The first-order chi connectivity index (χ1) is 51.9. The molecule has 3 aromatic heterocycles. The molecule has 20 atom stereocenters. The molecule has 39 nitrogen and oxygen atoms in total. The molecule has 6 heterocycles. The molecule has 3 aromatic rings. The Morgan fingerprint density at radius 3 is 1.13 bits per heavy atom. The van der Waals surface area contributed by atoms with Gasteiger partial charge in [0.15, 0.2) is 43.0 Å². The molecule has 41 heteroatoms. The van der Waals surface area contributed by atoms with Gasteiger partial charge in [-0.25, -0.2) is 14.4 Å². The fourth-order valence-corrected chi connectivity index (χ4v) is 12.4. The maximum absolute atomic E-state index is 13.5. The second-order valence-electron chi connectivity index (χ2n) is 25.3. The highest BCUT2D eigenvalue weighted by Crippen LogP contribution is 2.26. The number of aliphatic carboxylic acids is 4. The minimum atomic E-state index is -1.80. The molecule has 0 spiro atoms. The summed E-state index contributed by atoms with van der Waals surface area (Å²) in [5.74, 6) is -4.98. The summed E-state index contributed by atoms with van der Waals surface area (Å²) in [6, 6.07) is 4.37. The maximum Gasteiger partial charge on any atom is 0.373 e. The molecule has 9 unspecified atom stereocenters. The number of aliphatic hydroxyl groups excluding tert-OH is 9. The van der Waals surface area contributed by atoms with Crippen LogP contribution in [0.2, 0.25) is 0 Å². The molecule has 109 heavy (non-hydrogen) atoms. The van der Waals surface area contributed by atoms with E-state index in [2.05, 4.69) is 16.0 Å². The number of carboxylic acids is 4. The van der Waals surface area contributed by atoms with Gasteiger partial charge in [-0.15, -0.1) is 0 Å². The number of nitrogens with one attached hydrogen (secondary N) is 3. The molecule has 0 bridgehead atoms. The van der Waals surface area contributed by atoms with E-state index >= 15 is 0 Å². The zero-order valence-corrected chi connectivity index (χ0v) is 62.6. The van der Waals surface area contributed by atoms with Gasteiger partial charge >= 0.3 is 36.2 Å². The van der Waals surface area contributed by atoms with Gasteiger partial charge in [-0.2, -0.15) is 42.7 Å². The summed E-state index contributed by atoms with van der Waals surface area (Å²) in [6.07, 6.45) is -6.59. The number of ether oxygens (including phenoxy) is 9. The van der Waals surface area contributed by atoms with E-state index in [9.17, 15) is 94.8 Å². The topological polar surface area (TPSA) is 585 Å². The molecule has 3 aliphatic rings. The first-order valence-corrected chi connectivity index (χ1v) is 37.4. The third kappa shape index (κ3) is 33.7. The maximum atomic E-state index is 13.5. The number of rotatable bonds is 49. The van der Waals surface area contributed by atoms with Crippen LogP contribution in [0.25, 0.3) is 0 Å². The molecule has 0 radical (unpaired) electrons. The summed E-state index contributed by atoms with van der Waals surface area (Å²) in [6.45, 7) is 4.93. The Hall–Kier alpha value is -6.65. The van der Waals surface area contributed by atoms with Crippen molar-refractivity contribution in [1.82, 2.24) is 29.7 Å². The Kier molecular flexibility index (Phi) is 46.6. The number of Topliss-reactive ketones (excluding diaryl/α,β-unsaturated/α-hetero) is 3. The summed E-state index contributed by atoms with van der Waals surface area (Å²) in [4.78, 5) is 117. The minimum Gasteiger partial charge on any atom is -0.481 e. The van der Waals surface area contributed by atoms with Gasteiger partial charge in [-0.3, -0.25) is 19.2 Å². The number of carbonyl (C=O) groups is 7. The number of carboxylic acid groups (broad SMARTS) is 4. The van der Waals surface area contributed by atoms with Crippen molar-refractivity contribution in [2.75, 3.05) is 104 Å². The fourth-order valence-electron chi connectivity index (χ4n) is 11.3. The number of thioether (sulfide) groups is 2. The van der Waals surface area contributed by atoms with Crippen molar-refractivity contribution in [2.24, 2.45) is 11.8 Å². The number of likely N-dealkylation sites (N-methyl/N-ethyl adjacent to an activating group) is 2. The van der Waals surface area contributed by atoms with Crippen molar-refractivity contribution in [3.8, 4) is 0 Å². The van der Waals surface area contributed by atoms with Crippen LogP contribution in [-0.4, -0.2) is 348 Å². The molecule has 16 N–H and O–H groups in total. The molecule has 3 saturated heterocycles. The Balaban J connectivity index is 0.000000602. The lowest BCUT2D eigenvalue weighted by Crippen LogP contribution is -2.60. The van der Waals surface area contributed by atoms with Crippen molar-refractivity contribution in [3.05, 3.63) is 72.1 Å². The van der Waals surface area contributed by atoms with Crippen LogP contribution in [0.4, 0.5) is 0 Å². The van der Waals surface area contributed by atoms with Gasteiger partial charge in [0.2, 0.25) is 0 Å². The van der Waals surface area contributed by atoms with E-state index < -0.39 is 140 Å².